The summed E-state index contributed by atoms with van der Waals surface area (Å²) in [4.78, 5) is 0.190. The fourth-order valence-corrected chi connectivity index (χ4v) is 3.41. The van der Waals surface area contributed by atoms with E-state index in [2.05, 4.69) is 4.72 Å². The molecule has 0 fully saturated rings. The first kappa shape index (κ1) is 15.7. The van der Waals surface area contributed by atoms with Gasteiger partial charge in [0.25, 0.3) is 10.0 Å². The van der Waals surface area contributed by atoms with Crippen molar-refractivity contribution in [3.8, 4) is 5.75 Å². The molecule has 2 aromatic rings. The first-order valence-electron chi connectivity index (χ1n) is 6.27. The second kappa shape index (κ2) is 5.95. The lowest BCUT2D eigenvalue weighted by molar-refractivity contribution is 0.411. The summed E-state index contributed by atoms with van der Waals surface area (Å²) in [5.74, 6) is 0.650. The van der Waals surface area contributed by atoms with Gasteiger partial charge in [0.1, 0.15) is 5.75 Å². The van der Waals surface area contributed by atoms with E-state index in [1.54, 1.807) is 51.3 Å². The van der Waals surface area contributed by atoms with Crippen molar-refractivity contribution < 1.29 is 13.2 Å². The molecule has 0 amide bonds. The van der Waals surface area contributed by atoms with Crippen LogP contribution in [0.5, 0.6) is 5.75 Å². The highest BCUT2D eigenvalue weighted by atomic mass is 35.5. The van der Waals surface area contributed by atoms with Crippen molar-refractivity contribution in [1.29, 1.82) is 0 Å². The third kappa shape index (κ3) is 3.49. The molecule has 0 radical (unpaired) electrons. The molecule has 0 atom stereocenters. The van der Waals surface area contributed by atoms with Gasteiger partial charge < -0.3 is 4.74 Å². The SMILES string of the molecule is COc1ccc(S(=O)(=O)Nc2ccc(Cl)cc2C)cc1C. The highest BCUT2D eigenvalue weighted by molar-refractivity contribution is 7.92. The predicted octanol–water partition coefficient (Wildman–Crippen LogP) is 3.77. The molecule has 0 spiro atoms. The molecule has 0 aliphatic heterocycles. The second-order valence-corrected chi connectivity index (χ2v) is 6.82. The molecule has 112 valence electrons. The number of rotatable bonds is 4. The lowest BCUT2D eigenvalue weighted by Gasteiger charge is -2.12. The van der Waals surface area contributed by atoms with E-state index in [1.165, 1.54) is 6.07 Å². The summed E-state index contributed by atoms with van der Waals surface area (Å²) in [7, 11) is -2.10. The van der Waals surface area contributed by atoms with Crippen LogP contribution >= 0.6 is 11.6 Å². The summed E-state index contributed by atoms with van der Waals surface area (Å²) in [6.45, 7) is 3.59. The van der Waals surface area contributed by atoms with Gasteiger partial charge in [-0.2, -0.15) is 0 Å². The zero-order chi connectivity index (χ0) is 15.6. The Morgan fingerprint density at radius 3 is 2.33 bits per heavy atom. The Bertz CT molecular complexity index is 772. The minimum absolute atomic E-state index is 0.190. The van der Waals surface area contributed by atoms with Crippen LogP contribution in [0.3, 0.4) is 0 Å². The molecule has 0 saturated heterocycles. The highest BCUT2D eigenvalue weighted by Crippen LogP contribution is 2.25. The maximum Gasteiger partial charge on any atom is 0.261 e. The van der Waals surface area contributed by atoms with E-state index in [0.29, 0.717) is 16.5 Å². The zero-order valence-electron chi connectivity index (χ0n) is 12.0. The smallest absolute Gasteiger partial charge is 0.261 e. The molecular formula is C15H16ClNO3S. The van der Waals surface area contributed by atoms with Gasteiger partial charge in [0.05, 0.1) is 17.7 Å². The summed E-state index contributed by atoms with van der Waals surface area (Å²) < 4.78 is 32.5. The Balaban J connectivity index is 2.36. The quantitative estimate of drug-likeness (QED) is 0.931. The Kier molecular flexibility index (Phi) is 4.44. The normalized spacial score (nSPS) is 11.2. The van der Waals surface area contributed by atoms with Gasteiger partial charge >= 0.3 is 0 Å². The molecule has 0 heterocycles. The molecule has 4 nitrogen and oxygen atoms in total. The van der Waals surface area contributed by atoms with Crippen LogP contribution in [0.4, 0.5) is 5.69 Å². The summed E-state index contributed by atoms with van der Waals surface area (Å²) in [5.41, 5.74) is 2.03. The second-order valence-electron chi connectivity index (χ2n) is 4.70. The molecule has 0 bridgehead atoms. The number of aryl methyl sites for hydroxylation is 2. The van der Waals surface area contributed by atoms with Gasteiger partial charge in [0, 0.05) is 5.02 Å². The van der Waals surface area contributed by atoms with Crippen LogP contribution in [0, 0.1) is 13.8 Å². The first-order valence-corrected chi connectivity index (χ1v) is 8.13. The van der Waals surface area contributed by atoms with Gasteiger partial charge in [-0.25, -0.2) is 8.42 Å². The standard InChI is InChI=1S/C15H16ClNO3S/c1-10-8-12(16)4-6-14(10)17-21(18,19)13-5-7-15(20-3)11(2)9-13/h4-9,17H,1-3H3. The number of nitrogens with one attached hydrogen (secondary N) is 1. The maximum atomic E-state index is 12.4. The summed E-state index contributed by atoms with van der Waals surface area (Å²) in [6.07, 6.45) is 0. The molecule has 2 aromatic carbocycles. The summed E-state index contributed by atoms with van der Waals surface area (Å²) >= 11 is 5.87. The number of benzene rings is 2. The molecule has 0 aliphatic carbocycles. The van der Waals surface area contributed by atoms with Crippen LogP contribution in [0.2, 0.25) is 5.02 Å². The zero-order valence-corrected chi connectivity index (χ0v) is 13.5. The van der Waals surface area contributed by atoms with E-state index in [1.807, 2.05) is 0 Å². The lowest BCUT2D eigenvalue weighted by Crippen LogP contribution is -2.14. The lowest BCUT2D eigenvalue weighted by atomic mass is 10.2. The number of methoxy groups -OCH3 is 1. The van der Waals surface area contributed by atoms with E-state index in [-0.39, 0.29) is 4.90 Å². The Morgan fingerprint density at radius 1 is 1.05 bits per heavy atom. The molecule has 6 heteroatoms. The van der Waals surface area contributed by atoms with Crippen molar-refractivity contribution in [2.24, 2.45) is 0 Å². The van der Waals surface area contributed by atoms with Crippen LogP contribution in [-0.4, -0.2) is 15.5 Å². The predicted molar refractivity (Wildman–Crippen MR) is 84.7 cm³/mol. The fourth-order valence-electron chi connectivity index (χ4n) is 1.96. The number of halogens is 1. The molecule has 21 heavy (non-hydrogen) atoms. The monoisotopic (exact) mass is 325 g/mol. The van der Waals surface area contributed by atoms with Gasteiger partial charge in [0.15, 0.2) is 0 Å². The van der Waals surface area contributed by atoms with Crippen molar-refractivity contribution in [3.05, 3.63) is 52.5 Å². The maximum absolute atomic E-state index is 12.4. The van der Waals surface area contributed by atoms with E-state index in [4.69, 9.17) is 16.3 Å². The molecular weight excluding hydrogens is 310 g/mol. The molecule has 2 rings (SSSR count). The van der Waals surface area contributed by atoms with Crippen molar-refractivity contribution in [1.82, 2.24) is 0 Å². The van der Waals surface area contributed by atoms with Crippen LogP contribution in [0.25, 0.3) is 0 Å². The Morgan fingerprint density at radius 2 is 1.76 bits per heavy atom. The molecule has 0 aliphatic rings. The largest absolute Gasteiger partial charge is 0.496 e. The van der Waals surface area contributed by atoms with Gasteiger partial charge in [-0.05, 0) is 61.4 Å². The van der Waals surface area contributed by atoms with Crippen LogP contribution in [0.1, 0.15) is 11.1 Å². The summed E-state index contributed by atoms with van der Waals surface area (Å²) in [6, 6.07) is 9.72. The van der Waals surface area contributed by atoms with E-state index in [9.17, 15) is 8.42 Å². The topological polar surface area (TPSA) is 55.4 Å². The van der Waals surface area contributed by atoms with Crippen molar-refractivity contribution in [2.45, 2.75) is 18.7 Å². The van der Waals surface area contributed by atoms with Crippen LogP contribution in [-0.2, 0) is 10.0 Å². The third-order valence-electron chi connectivity index (χ3n) is 3.11. The van der Waals surface area contributed by atoms with E-state index < -0.39 is 10.0 Å². The van der Waals surface area contributed by atoms with E-state index in [0.717, 1.165) is 11.1 Å². The Labute approximate surface area is 129 Å². The molecule has 1 N–H and O–H groups in total. The van der Waals surface area contributed by atoms with Crippen molar-refractivity contribution >= 4 is 27.3 Å². The van der Waals surface area contributed by atoms with Crippen molar-refractivity contribution in [2.75, 3.05) is 11.8 Å². The van der Waals surface area contributed by atoms with Crippen LogP contribution < -0.4 is 9.46 Å². The minimum Gasteiger partial charge on any atom is -0.496 e. The third-order valence-corrected chi connectivity index (χ3v) is 4.71. The molecule has 0 saturated carbocycles. The average Bonchev–Trinajstić information content (AvgIpc) is 2.42. The van der Waals surface area contributed by atoms with Gasteiger partial charge in [0.2, 0.25) is 0 Å². The summed E-state index contributed by atoms with van der Waals surface area (Å²) in [5, 5.41) is 0.565. The average molecular weight is 326 g/mol. The van der Waals surface area contributed by atoms with Crippen molar-refractivity contribution in [3.63, 3.8) is 0 Å². The first-order chi connectivity index (χ1) is 9.83. The van der Waals surface area contributed by atoms with Gasteiger partial charge in [-0.1, -0.05) is 11.6 Å². The number of hydrogen-bond acceptors (Lipinski definition) is 3. The fraction of sp³-hybridized carbons (Fsp3) is 0.200. The number of hydrogen-bond donors (Lipinski definition) is 1. The number of sulfonamides is 1. The van der Waals surface area contributed by atoms with Crippen LogP contribution in [0.15, 0.2) is 41.3 Å². The highest BCUT2D eigenvalue weighted by Gasteiger charge is 2.16. The minimum atomic E-state index is -3.64. The van der Waals surface area contributed by atoms with Gasteiger partial charge in [-0.3, -0.25) is 4.72 Å². The number of anilines is 1. The molecule has 0 unspecified atom stereocenters. The van der Waals surface area contributed by atoms with E-state index >= 15 is 0 Å². The number of ether oxygens (including phenoxy) is 1. The molecule has 0 aromatic heterocycles. The Hall–Kier alpha value is -1.72. The van der Waals surface area contributed by atoms with Gasteiger partial charge in [-0.15, -0.1) is 0 Å².